The van der Waals surface area contributed by atoms with E-state index in [4.69, 9.17) is 0 Å². The summed E-state index contributed by atoms with van der Waals surface area (Å²) in [7, 11) is 0. The van der Waals surface area contributed by atoms with Gasteiger partial charge in [-0.1, -0.05) is 0 Å². The van der Waals surface area contributed by atoms with Gasteiger partial charge in [0.1, 0.15) is 12.4 Å². The van der Waals surface area contributed by atoms with Gasteiger partial charge in [-0.25, -0.2) is 9.18 Å². The summed E-state index contributed by atoms with van der Waals surface area (Å²) in [6, 6.07) is 5.14. The first-order chi connectivity index (χ1) is 8.65. The highest BCUT2D eigenvalue weighted by atomic mass is 19.1. The molecule has 0 aromatic heterocycles. The zero-order valence-corrected chi connectivity index (χ0v) is 9.78. The molecular formula is C12H14FN3O2. The summed E-state index contributed by atoms with van der Waals surface area (Å²) in [5.74, 6) is -0.524. The zero-order valence-electron chi connectivity index (χ0n) is 9.78. The average molecular weight is 251 g/mol. The third-order valence-electron chi connectivity index (χ3n) is 2.64. The quantitative estimate of drug-likeness (QED) is 0.787. The van der Waals surface area contributed by atoms with Gasteiger partial charge in [-0.3, -0.25) is 4.79 Å². The van der Waals surface area contributed by atoms with Crippen molar-refractivity contribution in [1.29, 1.82) is 0 Å². The molecule has 0 unspecified atom stereocenters. The van der Waals surface area contributed by atoms with E-state index in [-0.39, 0.29) is 24.3 Å². The molecule has 6 heteroatoms. The van der Waals surface area contributed by atoms with Crippen LogP contribution in [0.3, 0.4) is 0 Å². The van der Waals surface area contributed by atoms with Crippen LogP contribution in [0.25, 0.3) is 0 Å². The maximum atomic E-state index is 12.7. The van der Waals surface area contributed by atoms with Crippen LogP contribution in [-0.4, -0.2) is 36.5 Å². The lowest BCUT2D eigenvalue weighted by Gasteiger charge is -2.19. The Balaban J connectivity index is 1.98. The van der Waals surface area contributed by atoms with Gasteiger partial charge in [0.25, 0.3) is 0 Å². The first-order valence-corrected chi connectivity index (χ1v) is 5.73. The summed E-state index contributed by atoms with van der Waals surface area (Å²) in [4.78, 5) is 24.6. The van der Waals surface area contributed by atoms with Gasteiger partial charge in [0.05, 0.1) is 0 Å². The Kier molecular flexibility index (Phi) is 3.76. The van der Waals surface area contributed by atoms with E-state index in [2.05, 4.69) is 10.6 Å². The van der Waals surface area contributed by atoms with Crippen LogP contribution in [0.1, 0.15) is 6.42 Å². The summed E-state index contributed by atoms with van der Waals surface area (Å²) in [6.07, 6.45) is 0.725. The molecule has 1 heterocycles. The molecule has 1 aromatic rings. The van der Waals surface area contributed by atoms with Gasteiger partial charge in [-0.2, -0.15) is 0 Å². The number of nitrogens with one attached hydrogen (secondary N) is 2. The number of carbonyl (C=O) groups is 2. The van der Waals surface area contributed by atoms with Crippen LogP contribution in [-0.2, 0) is 4.79 Å². The predicted octanol–water partition coefficient (Wildman–Crippen LogP) is 1.18. The number of amides is 3. The fourth-order valence-corrected chi connectivity index (χ4v) is 1.72. The fraction of sp³-hybridized carbons (Fsp3) is 0.333. The lowest BCUT2D eigenvalue weighted by molar-refractivity contribution is -0.120. The van der Waals surface area contributed by atoms with E-state index < -0.39 is 0 Å². The topological polar surface area (TPSA) is 61.4 Å². The predicted molar refractivity (Wildman–Crippen MR) is 64.6 cm³/mol. The summed E-state index contributed by atoms with van der Waals surface area (Å²) >= 11 is 0. The molecule has 0 atom stereocenters. The Morgan fingerprint density at radius 3 is 2.78 bits per heavy atom. The van der Waals surface area contributed by atoms with Crippen molar-refractivity contribution >= 4 is 17.6 Å². The molecule has 5 nitrogen and oxygen atoms in total. The van der Waals surface area contributed by atoms with Crippen molar-refractivity contribution in [2.75, 3.05) is 25.0 Å². The second-order valence-electron chi connectivity index (χ2n) is 4.06. The van der Waals surface area contributed by atoms with Crippen LogP contribution in [0.15, 0.2) is 24.3 Å². The van der Waals surface area contributed by atoms with Crippen molar-refractivity contribution in [2.24, 2.45) is 0 Å². The molecule has 2 N–H and O–H groups in total. The number of rotatable bonds is 1. The molecule has 2 rings (SSSR count). The number of urea groups is 1. The molecular weight excluding hydrogens is 237 g/mol. The molecule has 0 aliphatic carbocycles. The number of benzene rings is 1. The standard InChI is InChI=1S/C12H14FN3O2/c13-9-2-4-10(5-3-9)15-12(18)16-7-1-6-14-11(17)8-16/h2-5H,1,6-8H2,(H,14,17)(H,15,18). The van der Waals surface area contributed by atoms with Gasteiger partial charge in [0, 0.05) is 18.8 Å². The average Bonchev–Trinajstić information content (AvgIpc) is 2.57. The minimum Gasteiger partial charge on any atom is -0.354 e. The molecule has 0 radical (unpaired) electrons. The second-order valence-corrected chi connectivity index (χ2v) is 4.06. The van der Waals surface area contributed by atoms with Crippen LogP contribution in [0.5, 0.6) is 0 Å². The van der Waals surface area contributed by atoms with Crippen molar-refractivity contribution < 1.29 is 14.0 Å². The van der Waals surface area contributed by atoms with Gasteiger partial charge in [0.15, 0.2) is 0 Å². The van der Waals surface area contributed by atoms with E-state index in [1.807, 2.05) is 0 Å². The van der Waals surface area contributed by atoms with Crippen LogP contribution in [0.2, 0.25) is 0 Å². The van der Waals surface area contributed by atoms with E-state index in [9.17, 15) is 14.0 Å². The van der Waals surface area contributed by atoms with E-state index in [1.165, 1.54) is 29.2 Å². The first kappa shape index (κ1) is 12.3. The van der Waals surface area contributed by atoms with Crippen molar-refractivity contribution in [2.45, 2.75) is 6.42 Å². The molecule has 96 valence electrons. The SMILES string of the molecule is O=C1CN(C(=O)Nc2ccc(F)cc2)CCCN1. The second kappa shape index (κ2) is 5.48. The van der Waals surface area contributed by atoms with Gasteiger partial charge in [0.2, 0.25) is 5.91 Å². The minimum atomic E-state index is -0.359. The zero-order chi connectivity index (χ0) is 13.0. The molecule has 0 saturated carbocycles. The summed E-state index contributed by atoms with van der Waals surface area (Å²) in [5.41, 5.74) is 0.506. The van der Waals surface area contributed by atoms with Crippen LogP contribution in [0, 0.1) is 5.82 Å². The smallest absolute Gasteiger partial charge is 0.322 e. The molecule has 1 fully saturated rings. The summed E-state index contributed by atoms with van der Waals surface area (Å²) < 4.78 is 12.7. The van der Waals surface area contributed by atoms with Crippen LogP contribution in [0.4, 0.5) is 14.9 Å². The molecule has 18 heavy (non-hydrogen) atoms. The lowest BCUT2D eigenvalue weighted by Crippen LogP contribution is -2.39. The first-order valence-electron chi connectivity index (χ1n) is 5.73. The molecule has 0 spiro atoms. The van der Waals surface area contributed by atoms with E-state index >= 15 is 0 Å². The Hall–Kier alpha value is -2.11. The van der Waals surface area contributed by atoms with Crippen molar-refractivity contribution in [3.05, 3.63) is 30.1 Å². The van der Waals surface area contributed by atoms with Gasteiger partial charge in [-0.05, 0) is 30.7 Å². The maximum absolute atomic E-state index is 12.7. The van der Waals surface area contributed by atoms with Crippen molar-refractivity contribution in [1.82, 2.24) is 10.2 Å². The number of hydrogen-bond acceptors (Lipinski definition) is 2. The molecule has 3 amide bonds. The molecule has 0 bridgehead atoms. The minimum absolute atomic E-state index is 0.0486. The van der Waals surface area contributed by atoms with Gasteiger partial charge >= 0.3 is 6.03 Å². The van der Waals surface area contributed by atoms with Gasteiger partial charge in [-0.15, -0.1) is 0 Å². The monoisotopic (exact) mass is 251 g/mol. The lowest BCUT2D eigenvalue weighted by atomic mass is 10.3. The van der Waals surface area contributed by atoms with E-state index in [1.54, 1.807) is 0 Å². The molecule has 1 aliphatic rings. The number of carbonyl (C=O) groups excluding carboxylic acids is 2. The molecule has 1 aliphatic heterocycles. The Morgan fingerprint density at radius 2 is 2.06 bits per heavy atom. The summed E-state index contributed by atoms with van der Waals surface area (Å²) in [5, 5.41) is 5.32. The third kappa shape index (κ3) is 3.19. The number of hydrogen-bond donors (Lipinski definition) is 2. The highest BCUT2D eigenvalue weighted by Crippen LogP contribution is 2.09. The normalized spacial score (nSPS) is 15.8. The highest BCUT2D eigenvalue weighted by Gasteiger charge is 2.19. The van der Waals surface area contributed by atoms with Gasteiger partial charge < -0.3 is 15.5 Å². The molecule has 1 aromatic carbocycles. The summed E-state index contributed by atoms with van der Waals surface area (Å²) in [6.45, 7) is 1.15. The van der Waals surface area contributed by atoms with E-state index in [0.29, 0.717) is 18.8 Å². The van der Waals surface area contributed by atoms with Crippen molar-refractivity contribution in [3.8, 4) is 0 Å². The number of halogens is 1. The maximum Gasteiger partial charge on any atom is 0.322 e. The number of nitrogens with zero attached hydrogens (tertiary/aromatic N) is 1. The highest BCUT2D eigenvalue weighted by molar-refractivity contribution is 5.92. The Labute approximate surface area is 104 Å². The Morgan fingerprint density at radius 1 is 1.33 bits per heavy atom. The Bertz CT molecular complexity index is 447. The van der Waals surface area contributed by atoms with Crippen LogP contribution < -0.4 is 10.6 Å². The van der Waals surface area contributed by atoms with Crippen LogP contribution >= 0.6 is 0 Å². The third-order valence-corrected chi connectivity index (χ3v) is 2.64. The van der Waals surface area contributed by atoms with Crippen molar-refractivity contribution in [3.63, 3.8) is 0 Å². The number of anilines is 1. The fourth-order valence-electron chi connectivity index (χ4n) is 1.72. The van der Waals surface area contributed by atoms with E-state index in [0.717, 1.165) is 6.42 Å². The largest absolute Gasteiger partial charge is 0.354 e. The molecule has 1 saturated heterocycles.